The Balaban J connectivity index is 1.69. The summed E-state index contributed by atoms with van der Waals surface area (Å²) in [5, 5.41) is 11.4. The molecule has 1 fully saturated rings. The molecule has 1 aliphatic rings. The molecule has 7 heteroatoms. The Kier molecular flexibility index (Phi) is 3.07. The summed E-state index contributed by atoms with van der Waals surface area (Å²) in [6.45, 7) is 2.45. The zero-order chi connectivity index (χ0) is 12.4. The molecular formula is C11H15N5O2. The fraction of sp³-hybridized carbons (Fsp3) is 0.545. The van der Waals surface area contributed by atoms with Crippen molar-refractivity contribution in [2.45, 2.75) is 12.5 Å². The zero-order valence-electron chi connectivity index (χ0n) is 10.2. The smallest absolute Gasteiger partial charge is 0.229 e. The summed E-state index contributed by atoms with van der Waals surface area (Å²) < 4.78 is 12.5. The van der Waals surface area contributed by atoms with Crippen LogP contribution < -0.4 is 5.32 Å². The minimum atomic E-state index is 0.107. The number of rotatable bonds is 3. The maximum absolute atomic E-state index is 5.59. The largest absolute Gasteiger partial charge is 0.375 e. The first-order valence-corrected chi connectivity index (χ1v) is 5.96. The molecule has 0 aromatic carbocycles. The van der Waals surface area contributed by atoms with E-state index in [2.05, 4.69) is 20.6 Å². The third kappa shape index (κ3) is 2.41. The van der Waals surface area contributed by atoms with Gasteiger partial charge in [0.05, 0.1) is 19.1 Å². The van der Waals surface area contributed by atoms with E-state index in [0.29, 0.717) is 18.1 Å². The van der Waals surface area contributed by atoms with Crippen molar-refractivity contribution in [3.8, 4) is 11.5 Å². The standard InChI is InChI=1S/C11H15N5O2/c1-16-4-2-9(14-16)11-13-10(18-15-11)6-8-7-12-3-5-17-8/h2,4,8,12H,3,5-7H2,1H3. The van der Waals surface area contributed by atoms with Crippen LogP contribution in [0.25, 0.3) is 11.5 Å². The fourth-order valence-corrected chi connectivity index (χ4v) is 1.92. The Bertz CT molecular complexity index is 515. The average Bonchev–Trinajstić information content (AvgIpc) is 2.99. The molecule has 2 aromatic heterocycles. The molecule has 0 aliphatic carbocycles. The second-order valence-electron chi connectivity index (χ2n) is 4.29. The molecule has 1 aliphatic heterocycles. The summed E-state index contributed by atoms with van der Waals surface area (Å²) in [5.74, 6) is 1.11. The van der Waals surface area contributed by atoms with Crippen molar-refractivity contribution in [3.05, 3.63) is 18.2 Å². The van der Waals surface area contributed by atoms with Gasteiger partial charge < -0.3 is 14.6 Å². The average molecular weight is 249 g/mol. The highest BCUT2D eigenvalue weighted by atomic mass is 16.5. The monoisotopic (exact) mass is 249 g/mol. The number of nitrogens with zero attached hydrogens (tertiary/aromatic N) is 4. The highest BCUT2D eigenvalue weighted by Gasteiger charge is 2.18. The van der Waals surface area contributed by atoms with Gasteiger partial charge in [-0.3, -0.25) is 4.68 Å². The second-order valence-corrected chi connectivity index (χ2v) is 4.29. The van der Waals surface area contributed by atoms with Gasteiger partial charge in [-0.05, 0) is 6.07 Å². The minimum absolute atomic E-state index is 0.107. The van der Waals surface area contributed by atoms with Gasteiger partial charge in [0, 0.05) is 26.3 Å². The van der Waals surface area contributed by atoms with Crippen LogP contribution in [-0.4, -0.2) is 45.7 Å². The lowest BCUT2D eigenvalue weighted by Gasteiger charge is -2.21. The van der Waals surface area contributed by atoms with Crippen LogP contribution in [0.4, 0.5) is 0 Å². The van der Waals surface area contributed by atoms with Crippen LogP contribution in [-0.2, 0) is 18.2 Å². The van der Waals surface area contributed by atoms with E-state index >= 15 is 0 Å². The van der Waals surface area contributed by atoms with E-state index in [9.17, 15) is 0 Å². The van der Waals surface area contributed by atoms with E-state index < -0.39 is 0 Å². The molecule has 0 bridgehead atoms. The first-order valence-electron chi connectivity index (χ1n) is 5.96. The quantitative estimate of drug-likeness (QED) is 0.825. The number of aryl methyl sites for hydroxylation is 1. The van der Waals surface area contributed by atoms with Crippen molar-refractivity contribution < 1.29 is 9.26 Å². The van der Waals surface area contributed by atoms with Crippen LogP contribution in [0.15, 0.2) is 16.8 Å². The third-order valence-corrected chi connectivity index (χ3v) is 2.82. The molecule has 1 unspecified atom stereocenters. The number of ether oxygens (including phenoxy) is 1. The predicted octanol–water partition coefficient (Wildman–Crippen LogP) is 0.001000. The predicted molar refractivity (Wildman–Crippen MR) is 62.8 cm³/mol. The first-order chi connectivity index (χ1) is 8.81. The first kappa shape index (κ1) is 11.4. The maximum Gasteiger partial charge on any atom is 0.229 e. The van der Waals surface area contributed by atoms with Gasteiger partial charge in [-0.1, -0.05) is 5.16 Å². The van der Waals surface area contributed by atoms with E-state index in [-0.39, 0.29) is 6.10 Å². The minimum Gasteiger partial charge on any atom is -0.375 e. The number of hydrogen-bond donors (Lipinski definition) is 1. The van der Waals surface area contributed by atoms with Crippen LogP contribution in [0.2, 0.25) is 0 Å². The zero-order valence-corrected chi connectivity index (χ0v) is 10.2. The van der Waals surface area contributed by atoms with Gasteiger partial charge in [0.2, 0.25) is 11.7 Å². The second kappa shape index (κ2) is 4.87. The summed E-state index contributed by atoms with van der Waals surface area (Å²) in [6.07, 6.45) is 2.59. The Morgan fingerprint density at radius 1 is 1.56 bits per heavy atom. The van der Waals surface area contributed by atoms with Gasteiger partial charge >= 0.3 is 0 Å². The van der Waals surface area contributed by atoms with Gasteiger partial charge in [-0.25, -0.2) is 0 Å². The van der Waals surface area contributed by atoms with Crippen molar-refractivity contribution in [3.63, 3.8) is 0 Å². The third-order valence-electron chi connectivity index (χ3n) is 2.82. The molecule has 0 radical (unpaired) electrons. The number of morpholine rings is 1. The van der Waals surface area contributed by atoms with Gasteiger partial charge in [0.15, 0.2) is 0 Å². The Morgan fingerprint density at radius 2 is 2.50 bits per heavy atom. The van der Waals surface area contributed by atoms with Crippen molar-refractivity contribution in [2.24, 2.45) is 7.05 Å². The Morgan fingerprint density at radius 3 is 3.22 bits per heavy atom. The molecule has 2 aromatic rings. The van der Waals surface area contributed by atoms with Crippen LogP contribution in [0.1, 0.15) is 5.89 Å². The van der Waals surface area contributed by atoms with Crippen LogP contribution in [0.5, 0.6) is 0 Å². The maximum atomic E-state index is 5.59. The normalized spacial score (nSPS) is 20.2. The Labute approximate surface area is 104 Å². The van der Waals surface area contributed by atoms with Gasteiger partial charge in [0.1, 0.15) is 5.69 Å². The summed E-state index contributed by atoms with van der Waals surface area (Å²) in [4.78, 5) is 4.33. The molecule has 1 atom stereocenters. The molecule has 1 saturated heterocycles. The summed E-state index contributed by atoms with van der Waals surface area (Å²) in [7, 11) is 1.85. The number of hydrogen-bond acceptors (Lipinski definition) is 6. The van der Waals surface area contributed by atoms with Crippen molar-refractivity contribution in [1.82, 2.24) is 25.2 Å². The van der Waals surface area contributed by atoms with Crippen molar-refractivity contribution >= 4 is 0 Å². The molecule has 0 saturated carbocycles. The highest BCUT2D eigenvalue weighted by Crippen LogP contribution is 2.14. The number of nitrogens with one attached hydrogen (secondary N) is 1. The molecule has 3 heterocycles. The van der Waals surface area contributed by atoms with E-state index in [4.69, 9.17) is 9.26 Å². The van der Waals surface area contributed by atoms with Crippen LogP contribution >= 0.6 is 0 Å². The molecule has 96 valence electrons. The van der Waals surface area contributed by atoms with Crippen molar-refractivity contribution in [2.75, 3.05) is 19.7 Å². The molecular weight excluding hydrogens is 234 g/mol. The molecule has 0 amide bonds. The van der Waals surface area contributed by atoms with E-state index in [1.807, 2.05) is 19.3 Å². The van der Waals surface area contributed by atoms with Crippen LogP contribution in [0.3, 0.4) is 0 Å². The molecule has 3 rings (SSSR count). The van der Waals surface area contributed by atoms with E-state index in [1.165, 1.54) is 0 Å². The fourth-order valence-electron chi connectivity index (χ4n) is 1.92. The van der Waals surface area contributed by atoms with Gasteiger partial charge in [0.25, 0.3) is 0 Å². The van der Waals surface area contributed by atoms with Crippen LogP contribution in [0, 0.1) is 0 Å². The molecule has 0 spiro atoms. The summed E-state index contributed by atoms with van der Waals surface area (Å²) >= 11 is 0. The van der Waals surface area contributed by atoms with Gasteiger partial charge in [-0.15, -0.1) is 0 Å². The highest BCUT2D eigenvalue weighted by molar-refractivity contribution is 5.46. The van der Waals surface area contributed by atoms with E-state index in [1.54, 1.807) is 4.68 Å². The van der Waals surface area contributed by atoms with Crippen molar-refractivity contribution in [1.29, 1.82) is 0 Å². The number of aromatic nitrogens is 4. The summed E-state index contributed by atoms with van der Waals surface area (Å²) in [6, 6.07) is 1.85. The lowest BCUT2D eigenvalue weighted by molar-refractivity contribution is 0.0246. The van der Waals surface area contributed by atoms with E-state index in [0.717, 1.165) is 25.4 Å². The van der Waals surface area contributed by atoms with Gasteiger partial charge in [-0.2, -0.15) is 10.1 Å². The SMILES string of the molecule is Cn1ccc(-c2noc(CC3CNCCO3)n2)n1. The topological polar surface area (TPSA) is 78.0 Å². The molecule has 18 heavy (non-hydrogen) atoms. The lowest BCUT2D eigenvalue weighted by atomic mass is 10.2. The summed E-state index contributed by atoms with van der Waals surface area (Å²) in [5.41, 5.74) is 0.718. The lowest BCUT2D eigenvalue weighted by Crippen LogP contribution is -2.39. The molecule has 7 nitrogen and oxygen atoms in total. The Hall–Kier alpha value is -1.73. The molecule has 1 N–H and O–H groups in total.